The second kappa shape index (κ2) is 56.9. The molecule has 1 unspecified atom stereocenters. The number of carbonyl (C=O) groups is 3. The summed E-state index contributed by atoms with van der Waals surface area (Å²) in [7, 11) is 0. The van der Waals surface area contributed by atoms with Crippen LogP contribution in [0, 0.1) is 0 Å². The highest BCUT2D eigenvalue weighted by molar-refractivity contribution is 5.71. The van der Waals surface area contributed by atoms with Crippen LogP contribution < -0.4 is 0 Å². The van der Waals surface area contributed by atoms with Crippen molar-refractivity contribution < 1.29 is 28.6 Å². The standard InChI is InChI=1S/C63H106O6/c1-4-7-10-13-16-19-22-25-28-30-31-33-35-38-41-44-47-50-53-56-62(65)68-59-60(58-67-61(64)55-52-49-46-43-40-37-34-27-24-21-18-15-12-9-6-3)69-63(66)57-54-51-48-45-42-39-36-32-29-26-23-20-17-14-11-8-5-2/h8,11,14,17-18,20-21,23-24,26-27,29,32,36,39,42,60H,4-7,9-10,12-13,15-16,19,22,25,28,30-31,33-35,37-38,40-41,43-59H2,1-3H3/b11-8-,17-14-,21-18-,23-20-,27-24-,29-26-,36-32+,42-39-. The van der Waals surface area contributed by atoms with Crippen molar-refractivity contribution in [2.75, 3.05) is 13.2 Å². The van der Waals surface area contributed by atoms with E-state index in [1.807, 2.05) is 60.8 Å². The molecule has 0 radical (unpaired) electrons. The number of unbranched alkanes of at least 4 members (excludes halogenated alkanes) is 30. The number of hydrogen-bond acceptors (Lipinski definition) is 6. The van der Waals surface area contributed by atoms with Crippen LogP contribution in [0.2, 0.25) is 0 Å². The van der Waals surface area contributed by atoms with E-state index in [1.165, 1.54) is 148 Å². The molecule has 0 aromatic carbocycles. The molecule has 0 spiro atoms. The minimum Gasteiger partial charge on any atom is -0.462 e. The summed E-state index contributed by atoms with van der Waals surface area (Å²) < 4.78 is 16.8. The van der Waals surface area contributed by atoms with Crippen molar-refractivity contribution in [1.82, 2.24) is 0 Å². The predicted octanol–water partition coefficient (Wildman–Crippen LogP) is 19.3. The van der Waals surface area contributed by atoms with E-state index in [2.05, 4.69) is 57.2 Å². The molecule has 0 rings (SSSR count). The molecule has 0 bridgehead atoms. The molecule has 0 aliphatic carbocycles. The van der Waals surface area contributed by atoms with Gasteiger partial charge in [-0.3, -0.25) is 14.4 Å². The van der Waals surface area contributed by atoms with Gasteiger partial charge in [-0.25, -0.2) is 0 Å². The largest absolute Gasteiger partial charge is 0.462 e. The lowest BCUT2D eigenvalue weighted by Gasteiger charge is -2.18. The molecule has 0 N–H and O–H groups in total. The smallest absolute Gasteiger partial charge is 0.306 e. The van der Waals surface area contributed by atoms with Crippen LogP contribution >= 0.6 is 0 Å². The monoisotopic (exact) mass is 959 g/mol. The number of hydrogen-bond donors (Lipinski definition) is 0. The topological polar surface area (TPSA) is 78.9 Å². The summed E-state index contributed by atoms with van der Waals surface area (Å²) in [6.07, 6.45) is 75.4. The third-order valence-electron chi connectivity index (χ3n) is 12.3. The van der Waals surface area contributed by atoms with E-state index < -0.39 is 6.10 Å². The first kappa shape index (κ1) is 65.3. The van der Waals surface area contributed by atoms with Crippen molar-refractivity contribution in [3.63, 3.8) is 0 Å². The molecule has 0 aromatic heterocycles. The highest BCUT2D eigenvalue weighted by atomic mass is 16.6. The van der Waals surface area contributed by atoms with Gasteiger partial charge in [0.1, 0.15) is 13.2 Å². The Balaban J connectivity index is 4.46. The second-order valence-corrected chi connectivity index (χ2v) is 19.0. The van der Waals surface area contributed by atoms with Crippen molar-refractivity contribution in [2.24, 2.45) is 0 Å². The Hall–Kier alpha value is -3.67. The van der Waals surface area contributed by atoms with Gasteiger partial charge in [-0.2, -0.15) is 0 Å². The maximum atomic E-state index is 12.8. The average molecular weight is 960 g/mol. The molecule has 0 saturated heterocycles. The molecule has 394 valence electrons. The SMILES string of the molecule is CC\C=C/C=C\C=C/C=C\C=C\C=C/CCCCCC(=O)OC(COC(=O)CCCCCCCC/C=C\C=C/CCCCC)COC(=O)CCCCCCCCCCCCCCCCCCCCC. The zero-order valence-electron chi connectivity index (χ0n) is 45.0. The molecule has 6 heteroatoms. The highest BCUT2D eigenvalue weighted by Gasteiger charge is 2.19. The third kappa shape index (κ3) is 55.1. The predicted molar refractivity (Wildman–Crippen MR) is 297 cm³/mol. The average Bonchev–Trinajstić information content (AvgIpc) is 3.35. The van der Waals surface area contributed by atoms with Gasteiger partial charge in [0.15, 0.2) is 6.10 Å². The molecule has 0 saturated carbocycles. The quantitative estimate of drug-likeness (QED) is 0.0262. The van der Waals surface area contributed by atoms with Crippen molar-refractivity contribution in [3.8, 4) is 0 Å². The Labute approximate surface area is 426 Å². The molecular formula is C63H106O6. The van der Waals surface area contributed by atoms with Crippen LogP contribution in [0.3, 0.4) is 0 Å². The van der Waals surface area contributed by atoms with Crippen LogP contribution in [-0.2, 0) is 28.6 Å². The van der Waals surface area contributed by atoms with Crippen LogP contribution in [0.25, 0.3) is 0 Å². The maximum Gasteiger partial charge on any atom is 0.306 e. The Morgan fingerprint density at radius 3 is 0.942 bits per heavy atom. The summed E-state index contributed by atoms with van der Waals surface area (Å²) in [4.78, 5) is 38.2. The van der Waals surface area contributed by atoms with Gasteiger partial charge in [-0.05, 0) is 64.2 Å². The summed E-state index contributed by atoms with van der Waals surface area (Å²) >= 11 is 0. The zero-order chi connectivity index (χ0) is 50.0. The van der Waals surface area contributed by atoms with E-state index in [1.54, 1.807) is 0 Å². The summed E-state index contributed by atoms with van der Waals surface area (Å²) in [5.74, 6) is -0.949. The molecule has 0 aliphatic rings. The van der Waals surface area contributed by atoms with Gasteiger partial charge in [0.05, 0.1) is 0 Å². The number of carbonyl (C=O) groups excluding carboxylic acids is 3. The van der Waals surface area contributed by atoms with E-state index in [0.29, 0.717) is 19.3 Å². The van der Waals surface area contributed by atoms with E-state index in [0.717, 1.165) is 70.6 Å². The molecule has 0 aromatic rings. The zero-order valence-corrected chi connectivity index (χ0v) is 45.0. The van der Waals surface area contributed by atoms with Gasteiger partial charge in [0, 0.05) is 19.3 Å². The fraction of sp³-hybridized carbons (Fsp3) is 0.698. The fourth-order valence-electron chi connectivity index (χ4n) is 7.94. The Morgan fingerprint density at radius 2 is 0.565 bits per heavy atom. The van der Waals surface area contributed by atoms with E-state index >= 15 is 0 Å². The first-order chi connectivity index (χ1) is 34.0. The molecule has 6 nitrogen and oxygen atoms in total. The molecule has 0 amide bonds. The third-order valence-corrected chi connectivity index (χ3v) is 12.3. The number of ether oxygens (including phenoxy) is 3. The molecule has 69 heavy (non-hydrogen) atoms. The van der Waals surface area contributed by atoms with Crippen LogP contribution in [0.5, 0.6) is 0 Å². The van der Waals surface area contributed by atoms with E-state index in [-0.39, 0.29) is 37.5 Å². The van der Waals surface area contributed by atoms with Gasteiger partial charge >= 0.3 is 17.9 Å². The van der Waals surface area contributed by atoms with Crippen molar-refractivity contribution in [1.29, 1.82) is 0 Å². The van der Waals surface area contributed by atoms with Crippen molar-refractivity contribution >= 4 is 17.9 Å². The Kier molecular flexibility index (Phi) is 53.9. The van der Waals surface area contributed by atoms with Crippen LogP contribution in [-0.4, -0.2) is 37.2 Å². The summed E-state index contributed by atoms with van der Waals surface area (Å²) in [5, 5.41) is 0. The summed E-state index contributed by atoms with van der Waals surface area (Å²) in [6.45, 7) is 6.44. The summed E-state index contributed by atoms with van der Waals surface area (Å²) in [6, 6.07) is 0. The lowest BCUT2D eigenvalue weighted by Crippen LogP contribution is -2.30. The second-order valence-electron chi connectivity index (χ2n) is 19.0. The van der Waals surface area contributed by atoms with Gasteiger partial charge < -0.3 is 14.2 Å². The van der Waals surface area contributed by atoms with Gasteiger partial charge in [0.25, 0.3) is 0 Å². The Morgan fingerprint density at radius 1 is 0.304 bits per heavy atom. The van der Waals surface area contributed by atoms with Gasteiger partial charge in [-0.15, -0.1) is 0 Å². The van der Waals surface area contributed by atoms with Crippen LogP contribution in [0.4, 0.5) is 0 Å². The highest BCUT2D eigenvalue weighted by Crippen LogP contribution is 2.16. The first-order valence-electron chi connectivity index (χ1n) is 28.8. The Bertz CT molecular complexity index is 1380. The van der Waals surface area contributed by atoms with Gasteiger partial charge in [0.2, 0.25) is 0 Å². The summed E-state index contributed by atoms with van der Waals surface area (Å²) in [5.41, 5.74) is 0. The molecule has 0 heterocycles. The van der Waals surface area contributed by atoms with E-state index in [9.17, 15) is 14.4 Å². The van der Waals surface area contributed by atoms with Crippen molar-refractivity contribution in [2.45, 2.75) is 271 Å². The lowest BCUT2D eigenvalue weighted by molar-refractivity contribution is -0.167. The molecule has 0 fully saturated rings. The van der Waals surface area contributed by atoms with Crippen LogP contribution in [0.1, 0.15) is 265 Å². The minimum atomic E-state index is -0.806. The minimum absolute atomic E-state index is 0.0983. The first-order valence-corrected chi connectivity index (χ1v) is 28.8. The number of esters is 3. The maximum absolute atomic E-state index is 12.8. The molecular weight excluding hydrogens is 853 g/mol. The molecule has 0 aliphatic heterocycles. The van der Waals surface area contributed by atoms with Gasteiger partial charge in [-0.1, -0.05) is 279 Å². The van der Waals surface area contributed by atoms with Crippen LogP contribution in [0.15, 0.2) is 97.2 Å². The van der Waals surface area contributed by atoms with Crippen molar-refractivity contribution in [3.05, 3.63) is 97.2 Å². The lowest BCUT2D eigenvalue weighted by atomic mass is 10.0. The normalized spacial score (nSPS) is 12.8. The number of rotatable bonds is 51. The fourth-order valence-corrected chi connectivity index (χ4v) is 7.94. The number of allylic oxidation sites excluding steroid dienone is 16. The molecule has 1 atom stereocenters. The van der Waals surface area contributed by atoms with E-state index in [4.69, 9.17) is 14.2 Å².